The highest BCUT2D eigenvalue weighted by molar-refractivity contribution is 5.78. The molecule has 0 atom stereocenters. The molecular formula is C16H27N3O. The number of hydrogen-bond acceptors (Lipinski definition) is 2. The van der Waals surface area contributed by atoms with Crippen LogP contribution in [0, 0.1) is 5.92 Å². The van der Waals surface area contributed by atoms with Crippen molar-refractivity contribution < 1.29 is 4.74 Å². The summed E-state index contributed by atoms with van der Waals surface area (Å²) in [7, 11) is 0. The summed E-state index contributed by atoms with van der Waals surface area (Å²) in [6.07, 6.45) is 1.05. The van der Waals surface area contributed by atoms with Gasteiger partial charge in [-0.25, -0.2) is 4.99 Å². The lowest BCUT2D eigenvalue weighted by Gasteiger charge is -2.12. The minimum Gasteiger partial charge on any atom is -0.493 e. The van der Waals surface area contributed by atoms with Gasteiger partial charge in [-0.2, -0.15) is 0 Å². The van der Waals surface area contributed by atoms with Crippen molar-refractivity contribution in [1.82, 2.24) is 5.32 Å². The Morgan fingerprint density at radius 3 is 2.60 bits per heavy atom. The monoisotopic (exact) mass is 277 g/mol. The second-order valence-electron chi connectivity index (χ2n) is 5.64. The van der Waals surface area contributed by atoms with Gasteiger partial charge in [-0.3, -0.25) is 0 Å². The Morgan fingerprint density at radius 2 is 1.95 bits per heavy atom. The standard InChI is InChI=1S/C16H27N3O/c1-12(2)9-10-20-15-8-6-5-7-14(15)11-18-16(17)19-13(3)4/h5-8,12-13H,9-11H2,1-4H3,(H3,17,18,19). The van der Waals surface area contributed by atoms with Crippen LogP contribution in [0.2, 0.25) is 0 Å². The number of aliphatic imine (C=N–C) groups is 1. The van der Waals surface area contributed by atoms with Crippen molar-refractivity contribution in [2.45, 2.75) is 46.7 Å². The highest BCUT2D eigenvalue weighted by Crippen LogP contribution is 2.19. The van der Waals surface area contributed by atoms with Crippen molar-refractivity contribution >= 4 is 5.96 Å². The third-order valence-corrected chi connectivity index (χ3v) is 2.78. The molecule has 0 saturated heterocycles. The molecule has 0 radical (unpaired) electrons. The Morgan fingerprint density at radius 1 is 1.25 bits per heavy atom. The lowest BCUT2D eigenvalue weighted by Crippen LogP contribution is -2.36. The Balaban J connectivity index is 2.61. The van der Waals surface area contributed by atoms with Gasteiger partial charge in [0.25, 0.3) is 0 Å². The van der Waals surface area contributed by atoms with Crippen LogP contribution in [0.3, 0.4) is 0 Å². The number of ether oxygens (including phenoxy) is 1. The van der Waals surface area contributed by atoms with Crippen molar-refractivity contribution in [2.24, 2.45) is 16.6 Å². The first-order valence-corrected chi connectivity index (χ1v) is 7.26. The first kappa shape index (κ1) is 16.3. The summed E-state index contributed by atoms with van der Waals surface area (Å²) in [6, 6.07) is 8.27. The molecule has 0 aliphatic rings. The summed E-state index contributed by atoms with van der Waals surface area (Å²) >= 11 is 0. The molecule has 0 aliphatic carbocycles. The van der Waals surface area contributed by atoms with Crippen LogP contribution in [0.15, 0.2) is 29.3 Å². The van der Waals surface area contributed by atoms with Crippen LogP contribution in [0.1, 0.15) is 39.7 Å². The Labute approximate surface area is 122 Å². The average molecular weight is 277 g/mol. The first-order valence-electron chi connectivity index (χ1n) is 7.26. The number of guanidine groups is 1. The molecule has 0 spiro atoms. The zero-order valence-corrected chi connectivity index (χ0v) is 13.0. The van der Waals surface area contributed by atoms with E-state index in [9.17, 15) is 0 Å². The zero-order chi connectivity index (χ0) is 15.0. The number of nitrogens with two attached hydrogens (primary N) is 1. The van der Waals surface area contributed by atoms with Crippen LogP contribution in [-0.2, 0) is 6.54 Å². The molecule has 0 unspecified atom stereocenters. The highest BCUT2D eigenvalue weighted by Gasteiger charge is 2.04. The summed E-state index contributed by atoms with van der Waals surface area (Å²) in [4.78, 5) is 4.34. The molecule has 20 heavy (non-hydrogen) atoms. The Bertz CT molecular complexity index is 427. The quantitative estimate of drug-likeness (QED) is 0.595. The van der Waals surface area contributed by atoms with E-state index in [2.05, 4.69) is 24.2 Å². The van der Waals surface area contributed by atoms with Crippen molar-refractivity contribution in [3.05, 3.63) is 29.8 Å². The van der Waals surface area contributed by atoms with Gasteiger partial charge < -0.3 is 15.8 Å². The number of benzene rings is 1. The van der Waals surface area contributed by atoms with Crippen LogP contribution in [0.25, 0.3) is 0 Å². The number of para-hydroxylation sites is 1. The highest BCUT2D eigenvalue weighted by atomic mass is 16.5. The SMILES string of the molecule is CC(C)CCOc1ccccc1CN=C(N)NC(C)C. The smallest absolute Gasteiger partial charge is 0.189 e. The van der Waals surface area contributed by atoms with Gasteiger partial charge in [0.1, 0.15) is 5.75 Å². The molecule has 0 fully saturated rings. The third kappa shape index (κ3) is 6.45. The lowest BCUT2D eigenvalue weighted by atomic mass is 10.1. The van der Waals surface area contributed by atoms with E-state index in [1.54, 1.807) is 0 Å². The average Bonchev–Trinajstić information content (AvgIpc) is 2.36. The number of hydrogen-bond donors (Lipinski definition) is 2. The van der Waals surface area contributed by atoms with E-state index in [1.807, 2.05) is 38.1 Å². The number of nitrogens with zero attached hydrogens (tertiary/aromatic N) is 1. The van der Waals surface area contributed by atoms with Crippen LogP contribution < -0.4 is 15.8 Å². The maximum Gasteiger partial charge on any atom is 0.189 e. The van der Waals surface area contributed by atoms with Crippen LogP contribution in [-0.4, -0.2) is 18.6 Å². The summed E-state index contributed by atoms with van der Waals surface area (Å²) in [5.41, 5.74) is 6.87. The maximum absolute atomic E-state index is 5.83. The maximum atomic E-state index is 5.83. The molecule has 0 bridgehead atoms. The Hall–Kier alpha value is -1.71. The van der Waals surface area contributed by atoms with E-state index >= 15 is 0 Å². The lowest BCUT2D eigenvalue weighted by molar-refractivity contribution is 0.287. The van der Waals surface area contributed by atoms with Crippen LogP contribution in [0.4, 0.5) is 0 Å². The number of nitrogens with one attached hydrogen (secondary N) is 1. The number of rotatable bonds is 7. The molecule has 1 rings (SSSR count). The van der Waals surface area contributed by atoms with Gasteiger partial charge in [0.05, 0.1) is 13.2 Å². The van der Waals surface area contributed by atoms with Crippen molar-refractivity contribution in [3.63, 3.8) is 0 Å². The first-order chi connectivity index (χ1) is 9.49. The second-order valence-corrected chi connectivity index (χ2v) is 5.64. The van der Waals surface area contributed by atoms with E-state index in [4.69, 9.17) is 10.5 Å². The molecule has 0 amide bonds. The summed E-state index contributed by atoms with van der Waals surface area (Å²) < 4.78 is 5.83. The molecule has 1 aromatic rings. The third-order valence-electron chi connectivity index (χ3n) is 2.78. The van der Waals surface area contributed by atoms with Crippen LogP contribution >= 0.6 is 0 Å². The normalized spacial score (nSPS) is 12.0. The van der Waals surface area contributed by atoms with Crippen molar-refractivity contribution in [2.75, 3.05) is 6.61 Å². The van der Waals surface area contributed by atoms with Gasteiger partial charge in [-0.1, -0.05) is 32.0 Å². The minimum absolute atomic E-state index is 0.288. The molecule has 0 heterocycles. The molecule has 0 saturated carbocycles. The van der Waals surface area contributed by atoms with Gasteiger partial charge in [0.15, 0.2) is 5.96 Å². The van der Waals surface area contributed by atoms with Crippen LogP contribution in [0.5, 0.6) is 5.75 Å². The van der Waals surface area contributed by atoms with Gasteiger partial charge in [0, 0.05) is 11.6 Å². The van der Waals surface area contributed by atoms with E-state index in [-0.39, 0.29) is 6.04 Å². The van der Waals surface area contributed by atoms with E-state index in [0.29, 0.717) is 18.4 Å². The molecular weight excluding hydrogens is 250 g/mol. The largest absolute Gasteiger partial charge is 0.493 e. The topological polar surface area (TPSA) is 59.6 Å². The zero-order valence-electron chi connectivity index (χ0n) is 13.0. The van der Waals surface area contributed by atoms with E-state index in [1.165, 1.54) is 0 Å². The molecule has 4 nitrogen and oxygen atoms in total. The van der Waals surface area contributed by atoms with E-state index < -0.39 is 0 Å². The van der Waals surface area contributed by atoms with Gasteiger partial charge in [-0.05, 0) is 32.3 Å². The fraction of sp³-hybridized carbons (Fsp3) is 0.562. The molecule has 3 N–H and O–H groups in total. The minimum atomic E-state index is 0.288. The molecule has 1 aromatic carbocycles. The van der Waals surface area contributed by atoms with E-state index in [0.717, 1.165) is 24.3 Å². The molecule has 112 valence electrons. The van der Waals surface area contributed by atoms with Gasteiger partial charge in [-0.15, -0.1) is 0 Å². The second kappa shape index (κ2) is 8.46. The fourth-order valence-electron chi connectivity index (χ4n) is 1.69. The van der Waals surface area contributed by atoms with Gasteiger partial charge in [0.2, 0.25) is 0 Å². The van der Waals surface area contributed by atoms with Crippen molar-refractivity contribution in [3.8, 4) is 5.75 Å². The van der Waals surface area contributed by atoms with Gasteiger partial charge >= 0.3 is 0 Å². The summed E-state index contributed by atoms with van der Waals surface area (Å²) in [6.45, 7) is 9.72. The molecule has 4 heteroatoms. The predicted octanol–water partition coefficient (Wildman–Crippen LogP) is 2.92. The predicted molar refractivity (Wildman–Crippen MR) is 85.0 cm³/mol. The summed E-state index contributed by atoms with van der Waals surface area (Å²) in [5, 5.41) is 3.08. The molecule has 0 aliphatic heterocycles. The Kier molecular flexibility index (Phi) is 6.91. The molecule has 0 aromatic heterocycles. The summed E-state index contributed by atoms with van der Waals surface area (Å²) in [5.74, 6) is 2.01. The fourth-order valence-corrected chi connectivity index (χ4v) is 1.69. The van der Waals surface area contributed by atoms with Crippen molar-refractivity contribution in [1.29, 1.82) is 0 Å².